The van der Waals surface area contributed by atoms with Gasteiger partial charge in [0.05, 0.1) is 6.21 Å². The van der Waals surface area contributed by atoms with Gasteiger partial charge in [0, 0.05) is 41.8 Å². The Balaban J connectivity index is 1.34. The molecule has 2 saturated heterocycles. The van der Waals surface area contributed by atoms with Gasteiger partial charge in [-0.05, 0) is 62.8 Å². The van der Waals surface area contributed by atoms with Gasteiger partial charge in [-0.3, -0.25) is 0 Å². The minimum Gasteiger partial charge on any atom is -0.488 e. The lowest BCUT2D eigenvalue weighted by atomic mass is 10.1. The molecule has 2 aliphatic heterocycles. The Bertz CT molecular complexity index is 1190. The third-order valence-corrected chi connectivity index (χ3v) is 7.06. The molecule has 0 spiro atoms. The lowest BCUT2D eigenvalue weighted by Gasteiger charge is -2.30. The molecule has 10 heteroatoms. The summed E-state index contributed by atoms with van der Waals surface area (Å²) in [6, 6.07) is 12.2. The van der Waals surface area contributed by atoms with E-state index in [1.807, 2.05) is 18.2 Å². The zero-order valence-electron chi connectivity index (χ0n) is 20.7. The first-order valence-corrected chi connectivity index (χ1v) is 13.7. The number of piperidine rings is 2. The first-order valence-electron chi connectivity index (χ1n) is 12.9. The molecule has 0 radical (unpaired) electrons. The molecule has 8 nitrogen and oxygen atoms in total. The third kappa shape index (κ3) is 6.74. The van der Waals surface area contributed by atoms with Crippen molar-refractivity contribution in [3.05, 3.63) is 63.9 Å². The van der Waals surface area contributed by atoms with E-state index >= 15 is 0 Å². The van der Waals surface area contributed by atoms with Crippen molar-refractivity contribution >= 4 is 40.0 Å². The largest absolute Gasteiger partial charge is 0.488 e. The fourth-order valence-electron chi connectivity index (χ4n) is 4.56. The highest BCUT2D eigenvalue weighted by Gasteiger charge is 2.20. The molecule has 37 heavy (non-hydrogen) atoms. The van der Waals surface area contributed by atoms with Gasteiger partial charge in [-0.15, -0.1) is 0 Å². The highest BCUT2D eigenvalue weighted by Crippen LogP contribution is 2.25. The second-order valence-corrected chi connectivity index (χ2v) is 10.2. The van der Waals surface area contributed by atoms with Gasteiger partial charge in [0.25, 0.3) is 0 Å². The molecule has 3 heterocycles. The lowest BCUT2D eigenvalue weighted by Crippen LogP contribution is -2.34. The Kier molecular flexibility index (Phi) is 8.45. The molecule has 2 aliphatic rings. The smallest absolute Gasteiger partial charge is 0.250 e. The van der Waals surface area contributed by atoms with Crippen LogP contribution in [-0.4, -0.2) is 47.3 Å². The number of anilines is 3. The van der Waals surface area contributed by atoms with Crippen molar-refractivity contribution < 1.29 is 9.13 Å². The molecule has 2 fully saturated rings. The summed E-state index contributed by atoms with van der Waals surface area (Å²) in [5.74, 6) is 2.11. The van der Waals surface area contributed by atoms with Gasteiger partial charge in [0.15, 0.2) is 0 Å². The van der Waals surface area contributed by atoms with E-state index in [0.717, 1.165) is 61.9 Å². The van der Waals surface area contributed by atoms with E-state index in [0.29, 0.717) is 29.2 Å². The van der Waals surface area contributed by atoms with Gasteiger partial charge in [0.2, 0.25) is 17.8 Å². The highest BCUT2D eigenvalue weighted by atomic mass is 79.9. The summed E-state index contributed by atoms with van der Waals surface area (Å²) in [5, 5.41) is 4.42. The van der Waals surface area contributed by atoms with E-state index in [9.17, 15) is 4.39 Å². The minimum absolute atomic E-state index is 0.119. The van der Waals surface area contributed by atoms with Crippen LogP contribution < -0.4 is 20.0 Å². The quantitative estimate of drug-likeness (QED) is 0.273. The number of hydrogen-bond acceptors (Lipinski definition) is 8. The minimum atomic E-state index is -0.291. The second-order valence-electron chi connectivity index (χ2n) is 9.29. The summed E-state index contributed by atoms with van der Waals surface area (Å²) >= 11 is 3.51. The Labute approximate surface area is 225 Å². The molecule has 0 amide bonds. The third-order valence-electron chi connectivity index (χ3n) is 6.57. The predicted octanol–water partition coefficient (Wildman–Crippen LogP) is 5.78. The highest BCUT2D eigenvalue weighted by molar-refractivity contribution is 9.10. The molecule has 1 aromatic heterocycles. The summed E-state index contributed by atoms with van der Waals surface area (Å²) in [7, 11) is 0. The molecule has 0 atom stereocenters. The van der Waals surface area contributed by atoms with Crippen LogP contribution in [0.1, 0.15) is 49.7 Å². The van der Waals surface area contributed by atoms with Crippen LogP contribution in [0.25, 0.3) is 0 Å². The molecule has 1 N–H and O–H groups in total. The number of hydrazone groups is 1. The standard InChI is InChI=1S/C27H31BrFN7O/c28-22-11-12-24(37-19-20-9-3-4-10-23(20)29)21(17-22)18-30-34-25-31-26(35-13-5-1-6-14-35)33-27(32-25)36-15-7-2-8-16-36/h3-4,9-12,17-18H,1-2,5-8,13-16,19H2,(H,31,32,33,34)/b30-18-. The van der Waals surface area contributed by atoms with Crippen LogP contribution in [0.2, 0.25) is 0 Å². The van der Waals surface area contributed by atoms with Gasteiger partial charge in [-0.2, -0.15) is 20.1 Å². The van der Waals surface area contributed by atoms with Gasteiger partial charge < -0.3 is 14.5 Å². The van der Waals surface area contributed by atoms with Crippen molar-refractivity contribution in [3.63, 3.8) is 0 Å². The molecule has 0 unspecified atom stereocenters. The fraction of sp³-hybridized carbons (Fsp3) is 0.407. The molecule has 194 valence electrons. The van der Waals surface area contributed by atoms with Crippen molar-refractivity contribution in [2.24, 2.45) is 5.10 Å². The molecular weight excluding hydrogens is 537 g/mol. The maximum Gasteiger partial charge on any atom is 0.250 e. The monoisotopic (exact) mass is 567 g/mol. The fourth-order valence-corrected chi connectivity index (χ4v) is 4.94. The van der Waals surface area contributed by atoms with Crippen molar-refractivity contribution in [2.75, 3.05) is 41.4 Å². The van der Waals surface area contributed by atoms with E-state index in [1.54, 1.807) is 24.4 Å². The van der Waals surface area contributed by atoms with Crippen molar-refractivity contribution in [1.29, 1.82) is 0 Å². The van der Waals surface area contributed by atoms with E-state index in [1.165, 1.54) is 18.9 Å². The molecule has 2 aromatic carbocycles. The summed E-state index contributed by atoms with van der Waals surface area (Å²) in [6.45, 7) is 3.92. The van der Waals surface area contributed by atoms with Crippen LogP contribution in [0.15, 0.2) is 52.0 Å². The Morgan fingerprint density at radius 1 is 0.892 bits per heavy atom. The number of aromatic nitrogens is 3. The summed E-state index contributed by atoms with van der Waals surface area (Å²) in [6.07, 6.45) is 8.71. The number of rotatable bonds is 8. The summed E-state index contributed by atoms with van der Waals surface area (Å²) in [4.78, 5) is 18.6. The Morgan fingerprint density at radius 3 is 2.19 bits per heavy atom. The van der Waals surface area contributed by atoms with Crippen LogP contribution in [0.3, 0.4) is 0 Å². The first kappa shape index (κ1) is 25.4. The van der Waals surface area contributed by atoms with Crippen LogP contribution in [0, 0.1) is 5.82 Å². The number of benzene rings is 2. The van der Waals surface area contributed by atoms with Gasteiger partial charge in [0.1, 0.15) is 18.2 Å². The molecular formula is C27H31BrFN7O. The molecule has 0 aliphatic carbocycles. The zero-order valence-corrected chi connectivity index (χ0v) is 22.3. The predicted molar refractivity (Wildman–Crippen MR) is 148 cm³/mol. The van der Waals surface area contributed by atoms with Gasteiger partial charge in [-0.25, -0.2) is 9.82 Å². The van der Waals surface area contributed by atoms with Crippen LogP contribution in [0.5, 0.6) is 5.75 Å². The number of hydrogen-bond donors (Lipinski definition) is 1. The van der Waals surface area contributed by atoms with E-state index in [-0.39, 0.29) is 12.4 Å². The van der Waals surface area contributed by atoms with E-state index in [2.05, 4.69) is 46.2 Å². The van der Waals surface area contributed by atoms with Crippen molar-refractivity contribution in [3.8, 4) is 5.75 Å². The zero-order chi connectivity index (χ0) is 25.5. The summed E-state index contributed by atoms with van der Waals surface area (Å²) < 4.78 is 20.8. The normalized spacial score (nSPS) is 16.3. The molecule has 3 aromatic rings. The number of ether oxygens (including phenoxy) is 1. The van der Waals surface area contributed by atoms with Crippen LogP contribution in [-0.2, 0) is 6.61 Å². The maximum atomic E-state index is 14.0. The molecule has 0 saturated carbocycles. The van der Waals surface area contributed by atoms with Gasteiger partial charge in [-0.1, -0.05) is 34.1 Å². The van der Waals surface area contributed by atoms with Crippen LogP contribution >= 0.6 is 15.9 Å². The lowest BCUT2D eigenvalue weighted by molar-refractivity contribution is 0.299. The average Bonchev–Trinajstić information content (AvgIpc) is 2.94. The molecule has 5 rings (SSSR count). The van der Waals surface area contributed by atoms with Crippen molar-refractivity contribution in [2.45, 2.75) is 45.1 Å². The van der Waals surface area contributed by atoms with Crippen molar-refractivity contribution in [1.82, 2.24) is 15.0 Å². The second kappa shape index (κ2) is 12.3. The Morgan fingerprint density at radius 2 is 1.54 bits per heavy atom. The number of nitrogens with zero attached hydrogens (tertiary/aromatic N) is 6. The number of halogens is 2. The maximum absolute atomic E-state index is 14.0. The van der Waals surface area contributed by atoms with E-state index < -0.39 is 0 Å². The Hall–Kier alpha value is -3.27. The van der Waals surface area contributed by atoms with E-state index in [4.69, 9.17) is 9.72 Å². The summed E-state index contributed by atoms with van der Waals surface area (Å²) in [5.41, 5.74) is 4.23. The van der Waals surface area contributed by atoms with Crippen LogP contribution in [0.4, 0.5) is 22.2 Å². The first-order chi connectivity index (χ1) is 18.2. The SMILES string of the molecule is Fc1ccccc1COc1ccc(Br)cc1/C=N\Nc1nc(N2CCCCC2)nc(N2CCCCC2)n1. The number of nitrogens with one attached hydrogen (secondary N) is 1. The topological polar surface area (TPSA) is 78.8 Å². The average molecular weight is 568 g/mol. The molecule has 0 bridgehead atoms. The van der Waals surface area contributed by atoms with Gasteiger partial charge >= 0.3 is 0 Å².